The third-order valence-corrected chi connectivity index (χ3v) is 6.34. The van der Waals surface area contributed by atoms with Gasteiger partial charge in [-0.1, -0.05) is 42.5 Å². The maximum absolute atomic E-state index is 12.6. The predicted octanol–water partition coefficient (Wildman–Crippen LogP) is 5.81. The topological polar surface area (TPSA) is 78.4 Å². The van der Waals surface area contributed by atoms with Gasteiger partial charge in [0.1, 0.15) is 18.1 Å². The molecule has 0 atom stereocenters. The Labute approximate surface area is 223 Å². The molecule has 0 fully saturated rings. The summed E-state index contributed by atoms with van der Waals surface area (Å²) in [4.78, 5) is 12.6. The number of hydrogen-bond donors (Lipinski definition) is 1. The number of rotatable bonds is 9. The van der Waals surface area contributed by atoms with Crippen LogP contribution in [0.2, 0.25) is 0 Å². The van der Waals surface area contributed by atoms with Crippen LogP contribution in [0, 0.1) is 3.57 Å². The van der Waals surface area contributed by atoms with Crippen LogP contribution in [-0.2, 0) is 6.61 Å². The van der Waals surface area contributed by atoms with Gasteiger partial charge in [-0.2, -0.15) is 5.10 Å². The molecule has 0 spiro atoms. The molecule has 0 aliphatic carbocycles. The number of benzene rings is 4. The first kappa shape index (κ1) is 25.3. The second-order valence-electron chi connectivity index (χ2n) is 7.73. The summed E-state index contributed by atoms with van der Waals surface area (Å²) in [5, 5.41) is 6.42. The van der Waals surface area contributed by atoms with E-state index in [1.165, 1.54) is 12.5 Å². The zero-order valence-corrected chi connectivity index (χ0v) is 22.2. The lowest BCUT2D eigenvalue weighted by molar-refractivity contribution is 0.0952. The molecular formula is C28H25IN2O5. The van der Waals surface area contributed by atoms with Gasteiger partial charge in [0, 0.05) is 6.07 Å². The van der Waals surface area contributed by atoms with Crippen molar-refractivity contribution in [3.8, 4) is 23.0 Å². The molecule has 4 aromatic carbocycles. The van der Waals surface area contributed by atoms with Gasteiger partial charge in [0.25, 0.3) is 5.91 Å². The van der Waals surface area contributed by atoms with Gasteiger partial charge in [-0.15, -0.1) is 0 Å². The van der Waals surface area contributed by atoms with E-state index in [0.29, 0.717) is 35.2 Å². The summed E-state index contributed by atoms with van der Waals surface area (Å²) in [7, 11) is 4.64. The molecule has 0 heterocycles. The number of methoxy groups -OCH3 is 3. The van der Waals surface area contributed by atoms with Crippen LogP contribution >= 0.6 is 22.6 Å². The Morgan fingerprint density at radius 1 is 0.917 bits per heavy atom. The quantitative estimate of drug-likeness (QED) is 0.150. The van der Waals surface area contributed by atoms with Crippen LogP contribution in [0.15, 0.2) is 77.9 Å². The number of carbonyl (C=O) groups excluding carboxylic acids is 1. The molecule has 4 aromatic rings. The lowest BCUT2D eigenvalue weighted by Crippen LogP contribution is -2.18. The van der Waals surface area contributed by atoms with E-state index in [-0.39, 0.29) is 0 Å². The number of halogens is 1. The van der Waals surface area contributed by atoms with Gasteiger partial charge >= 0.3 is 0 Å². The van der Waals surface area contributed by atoms with Crippen LogP contribution < -0.4 is 24.4 Å². The summed E-state index contributed by atoms with van der Waals surface area (Å²) in [6.45, 7) is 0.404. The van der Waals surface area contributed by atoms with E-state index in [1.807, 2.05) is 30.3 Å². The largest absolute Gasteiger partial charge is 0.497 e. The van der Waals surface area contributed by atoms with Gasteiger partial charge in [0.2, 0.25) is 0 Å². The van der Waals surface area contributed by atoms with Gasteiger partial charge in [0.05, 0.1) is 36.7 Å². The number of nitrogens with one attached hydrogen (secondary N) is 1. The second-order valence-corrected chi connectivity index (χ2v) is 8.89. The van der Waals surface area contributed by atoms with Gasteiger partial charge in [0.15, 0.2) is 11.5 Å². The summed E-state index contributed by atoms with van der Waals surface area (Å²) in [5.41, 5.74) is 4.71. The fourth-order valence-electron chi connectivity index (χ4n) is 3.73. The maximum atomic E-state index is 12.6. The number of nitrogens with zero attached hydrogens (tertiary/aromatic N) is 1. The molecule has 184 valence electrons. The molecule has 36 heavy (non-hydrogen) atoms. The van der Waals surface area contributed by atoms with Crippen molar-refractivity contribution >= 4 is 45.5 Å². The third-order valence-electron chi connectivity index (χ3n) is 5.54. The Kier molecular flexibility index (Phi) is 8.27. The van der Waals surface area contributed by atoms with E-state index in [1.54, 1.807) is 38.6 Å². The molecule has 0 radical (unpaired) electrons. The standard InChI is InChI=1S/C28H25IN2O5/c1-33-21-11-12-23(25(15-21)34-2)28(32)31-30-16-18-13-24(29)27(26(14-18)35-3)36-17-20-9-6-8-19-7-4-5-10-22(19)20/h4-16H,17H2,1-3H3,(H,31,32)/b30-16-. The molecule has 0 saturated carbocycles. The molecular weight excluding hydrogens is 571 g/mol. The highest BCUT2D eigenvalue weighted by molar-refractivity contribution is 14.1. The first-order valence-electron chi connectivity index (χ1n) is 11.1. The fourth-order valence-corrected chi connectivity index (χ4v) is 4.52. The number of carbonyl (C=O) groups is 1. The third kappa shape index (κ3) is 5.71. The zero-order valence-electron chi connectivity index (χ0n) is 20.1. The molecule has 1 N–H and O–H groups in total. The van der Waals surface area contributed by atoms with Crippen molar-refractivity contribution < 1.29 is 23.7 Å². The summed E-state index contributed by atoms with van der Waals surface area (Å²) in [6.07, 6.45) is 1.55. The summed E-state index contributed by atoms with van der Waals surface area (Å²) < 4.78 is 23.1. The highest BCUT2D eigenvalue weighted by atomic mass is 127. The minimum absolute atomic E-state index is 0.347. The highest BCUT2D eigenvalue weighted by Crippen LogP contribution is 2.34. The molecule has 0 saturated heterocycles. The average Bonchev–Trinajstić information content (AvgIpc) is 2.91. The van der Waals surface area contributed by atoms with Crippen LogP contribution in [0.3, 0.4) is 0 Å². The van der Waals surface area contributed by atoms with Crippen LogP contribution in [0.5, 0.6) is 23.0 Å². The van der Waals surface area contributed by atoms with E-state index < -0.39 is 5.91 Å². The highest BCUT2D eigenvalue weighted by Gasteiger charge is 2.14. The number of fused-ring (bicyclic) bond motifs is 1. The molecule has 4 rings (SSSR count). The van der Waals surface area contributed by atoms with Crippen molar-refractivity contribution in [1.82, 2.24) is 5.43 Å². The molecule has 0 bridgehead atoms. The average molecular weight is 596 g/mol. The maximum Gasteiger partial charge on any atom is 0.275 e. The Bertz CT molecular complexity index is 1420. The summed E-state index contributed by atoms with van der Waals surface area (Å²) in [5.74, 6) is 1.81. The minimum atomic E-state index is -0.401. The normalized spacial score (nSPS) is 10.9. The zero-order chi connectivity index (χ0) is 25.5. The lowest BCUT2D eigenvalue weighted by Gasteiger charge is -2.14. The first-order valence-corrected chi connectivity index (χ1v) is 12.1. The van der Waals surface area contributed by atoms with Crippen LogP contribution in [0.4, 0.5) is 0 Å². The van der Waals surface area contributed by atoms with Crippen molar-refractivity contribution in [2.24, 2.45) is 5.10 Å². The SMILES string of the molecule is COc1ccc(C(=O)N/N=C\c2cc(I)c(OCc3cccc4ccccc34)c(OC)c2)c(OC)c1. The van der Waals surface area contributed by atoms with Gasteiger partial charge in [-0.25, -0.2) is 5.43 Å². The van der Waals surface area contributed by atoms with Crippen molar-refractivity contribution in [3.05, 3.63) is 93.1 Å². The molecule has 0 unspecified atom stereocenters. The monoisotopic (exact) mass is 596 g/mol. The van der Waals surface area contributed by atoms with Gasteiger partial charge in [-0.05, 0) is 68.8 Å². The molecule has 7 nitrogen and oxygen atoms in total. The van der Waals surface area contributed by atoms with Gasteiger partial charge in [-0.3, -0.25) is 4.79 Å². The molecule has 0 aromatic heterocycles. The number of hydrogen-bond acceptors (Lipinski definition) is 6. The smallest absolute Gasteiger partial charge is 0.275 e. The second kappa shape index (κ2) is 11.8. The molecule has 1 amide bonds. The van der Waals surface area contributed by atoms with E-state index >= 15 is 0 Å². The van der Waals surface area contributed by atoms with Crippen molar-refractivity contribution in [2.45, 2.75) is 6.61 Å². The first-order chi connectivity index (χ1) is 17.5. The van der Waals surface area contributed by atoms with Crippen molar-refractivity contribution in [1.29, 1.82) is 0 Å². The predicted molar refractivity (Wildman–Crippen MR) is 149 cm³/mol. The van der Waals surface area contributed by atoms with Crippen molar-refractivity contribution in [3.63, 3.8) is 0 Å². The lowest BCUT2D eigenvalue weighted by atomic mass is 10.1. The number of ether oxygens (including phenoxy) is 4. The minimum Gasteiger partial charge on any atom is -0.497 e. The Balaban J connectivity index is 1.48. The molecule has 8 heteroatoms. The Hall–Kier alpha value is -3.79. The molecule has 0 aliphatic rings. The summed E-state index contributed by atoms with van der Waals surface area (Å²) in [6, 6.07) is 23.1. The van der Waals surface area contributed by atoms with E-state index in [9.17, 15) is 4.79 Å². The van der Waals surface area contributed by atoms with Crippen LogP contribution in [0.1, 0.15) is 21.5 Å². The number of hydrazone groups is 1. The Morgan fingerprint density at radius 3 is 2.47 bits per heavy atom. The van der Waals surface area contributed by atoms with Crippen LogP contribution in [-0.4, -0.2) is 33.5 Å². The fraction of sp³-hybridized carbons (Fsp3) is 0.143. The van der Waals surface area contributed by atoms with Crippen molar-refractivity contribution in [2.75, 3.05) is 21.3 Å². The van der Waals surface area contributed by atoms with E-state index in [0.717, 1.165) is 20.1 Å². The van der Waals surface area contributed by atoms with Gasteiger partial charge < -0.3 is 18.9 Å². The number of amides is 1. The van der Waals surface area contributed by atoms with E-state index in [4.69, 9.17) is 18.9 Å². The molecule has 0 aliphatic heterocycles. The van der Waals surface area contributed by atoms with Crippen LogP contribution in [0.25, 0.3) is 10.8 Å². The van der Waals surface area contributed by atoms with E-state index in [2.05, 4.69) is 57.4 Å². The summed E-state index contributed by atoms with van der Waals surface area (Å²) >= 11 is 2.20. The Morgan fingerprint density at radius 2 is 1.69 bits per heavy atom.